The second kappa shape index (κ2) is 8.00. The van der Waals surface area contributed by atoms with Crippen LogP contribution in [0.15, 0.2) is 59.1 Å². The van der Waals surface area contributed by atoms with Crippen molar-refractivity contribution < 1.29 is 13.2 Å². The molecule has 2 aromatic carbocycles. The van der Waals surface area contributed by atoms with Gasteiger partial charge in [0.2, 0.25) is 0 Å². The lowest BCUT2D eigenvalue weighted by Crippen LogP contribution is -2.13. The van der Waals surface area contributed by atoms with Crippen molar-refractivity contribution in [2.24, 2.45) is 0 Å². The van der Waals surface area contributed by atoms with Crippen molar-refractivity contribution in [2.45, 2.75) is 26.1 Å². The second-order valence-electron chi connectivity index (χ2n) is 6.97. The maximum absolute atomic E-state index is 13.3. The Kier molecular flexibility index (Phi) is 5.55. The molecule has 154 valence electrons. The first-order chi connectivity index (χ1) is 14.2. The fourth-order valence-electron chi connectivity index (χ4n) is 3.30. The quantitative estimate of drug-likeness (QED) is 0.319. The van der Waals surface area contributed by atoms with Gasteiger partial charge < -0.3 is 5.32 Å². The zero-order valence-electron chi connectivity index (χ0n) is 16.1. The molecule has 0 radical (unpaired) electrons. The van der Waals surface area contributed by atoms with E-state index in [0.29, 0.717) is 15.7 Å². The summed E-state index contributed by atoms with van der Waals surface area (Å²) < 4.78 is 40.7. The molecular weight excluding hydrogens is 475 g/mol. The highest BCUT2D eigenvalue weighted by Gasteiger charge is 2.36. The Morgan fingerprint density at radius 1 is 1.00 bits per heavy atom. The summed E-state index contributed by atoms with van der Waals surface area (Å²) in [6, 6.07) is 16.7. The fourth-order valence-corrected chi connectivity index (χ4v) is 4.76. The monoisotopic (exact) mass is 491 g/mol. The maximum Gasteiger partial charge on any atom is 0.435 e. The van der Waals surface area contributed by atoms with Crippen LogP contribution in [0, 0.1) is 6.92 Å². The third kappa shape index (κ3) is 4.06. The van der Waals surface area contributed by atoms with Crippen LogP contribution in [0.4, 0.5) is 19.0 Å². The molecule has 0 spiro atoms. The molecule has 0 amide bonds. The third-order valence-electron chi connectivity index (χ3n) is 4.83. The molecule has 0 bridgehead atoms. The van der Waals surface area contributed by atoms with E-state index in [-0.39, 0.29) is 11.4 Å². The molecule has 0 aliphatic carbocycles. The SMILES string of the molecule is Cc1ccccc1-c1ccc([C@@H](C)Nc2nnc(C(F)(F)F)c3ccc(Br)cc23)s1. The summed E-state index contributed by atoms with van der Waals surface area (Å²) in [7, 11) is 0. The Labute approximate surface area is 184 Å². The minimum atomic E-state index is -4.57. The molecule has 0 saturated heterocycles. The highest BCUT2D eigenvalue weighted by atomic mass is 79.9. The van der Waals surface area contributed by atoms with Crippen LogP contribution in [0.1, 0.15) is 29.1 Å². The van der Waals surface area contributed by atoms with Crippen molar-refractivity contribution >= 4 is 43.9 Å². The van der Waals surface area contributed by atoms with Gasteiger partial charge in [-0.1, -0.05) is 46.3 Å². The Bertz CT molecular complexity index is 1220. The zero-order valence-corrected chi connectivity index (χ0v) is 18.5. The van der Waals surface area contributed by atoms with Crippen LogP contribution in [0.3, 0.4) is 0 Å². The summed E-state index contributed by atoms with van der Waals surface area (Å²) in [5.41, 5.74) is 1.38. The number of aryl methyl sites for hydroxylation is 1. The van der Waals surface area contributed by atoms with Gasteiger partial charge in [-0.15, -0.1) is 21.5 Å². The number of fused-ring (bicyclic) bond motifs is 1. The number of hydrogen-bond donors (Lipinski definition) is 1. The van der Waals surface area contributed by atoms with Gasteiger partial charge in [0, 0.05) is 25.0 Å². The largest absolute Gasteiger partial charge is 0.435 e. The van der Waals surface area contributed by atoms with Gasteiger partial charge in [-0.3, -0.25) is 0 Å². The Balaban J connectivity index is 1.68. The normalized spacial score (nSPS) is 12.9. The van der Waals surface area contributed by atoms with Crippen molar-refractivity contribution in [3.05, 3.63) is 75.2 Å². The summed E-state index contributed by atoms with van der Waals surface area (Å²) in [4.78, 5) is 2.20. The molecule has 2 aromatic heterocycles. The van der Waals surface area contributed by atoms with E-state index in [2.05, 4.69) is 56.6 Å². The molecule has 1 N–H and O–H groups in total. The smallest absolute Gasteiger partial charge is 0.361 e. The third-order valence-corrected chi connectivity index (χ3v) is 6.62. The predicted molar refractivity (Wildman–Crippen MR) is 119 cm³/mol. The van der Waals surface area contributed by atoms with Crippen molar-refractivity contribution in [1.29, 1.82) is 0 Å². The van der Waals surface area contributed by atoms with E-state index in [1.165, 1.54) is 17.2 Å². The Hall–Kier alpha value is -2.45. The van der Waals surface area contributed by atoms with Crippen molar-refractivity contribution in [2.75, 3.05) is 5.32 Å². The van der Waals surface area contributed by atoms with E-state index in [4.69, 9.17) is 0 Å². The highest BCUT2D eigenvalue weighted by Crippen LogP contribution is 2.38. The van der Waals surface area contributed by atoms with Crippen LogP contribution in [0.5, 0.6) is 0 Å². The molecule has 8 heteroatoms. The van der Waals surface area contributed by atoms with Crippen LogP contribution in [0.2, 0.25) is 0 Å². The average Bonchev–Trinajstić information content (AvgIpc) is 3.18. The van der Waals surface area contributed by atoms with E-state index in [1.807, 2.05) is 25.1 Å². The summed E-state index contributed by atoms with van der Waals surface area (Å²) in [5, 5.41) is 11.0. The van der Waals surface area contributed by atoms with Crippen LogP contribution in [-0.2, 0) is 6.18 Å². The average molecular weight is 492 g/mol. The lowest BCUT2D eigenvalue weighted by molar-refractivity contribution is -0.140. The molecular formula is C22H17BrF3N3S. The fraction of sp³-hybridized carbons (Fsp3) is 0.182. The van der Waals surface area contributed by atoms with Crippen molar-refractivity contribution in [3.8, 4) is 10.4 Å². The molecule has 2 heterocycles. The molecule has 30 heavy (non-hydrogen) atoms. The van der Waals surface area contributed by atoms with E-state index < -0.39 is 11.9 Å². The van der Waals surface area contributed by atoms with Crippen LogP contribution >= 0.6 is 27.3 Å². The molecule has 0 fully saturated rings. The molecule has 0 saturated carbocycles. The summed E-state index contributed by atoms with van der Waals surface area (Å²) in [6.07, 6.45) is -4.57. The number of benzene rings is 2. The second-order valence-corrected chi connectivity index (χ2v) is 9.00. The molecule has 4 aromatic rings. The number of thiophene rings is 1. The molecule has 1 atom stereocenters. The van der Waals surface area contributed by atoms with Gasteiger partial charge in [0.05, 0.1) is 6.04 Å². The number of hydrogen-bond acceptors (Lipinski definition) is 4. The van der Waals surface area contributed by atoms with Gasteiger partial charge in [0.15, 0.2) is 11.5 Å². The highest BCUT2D eigenvalue weighted by molar-refractivity contribution is 9.10. The number of nitrogens with one attached hydrogen (secondary N) is 1. The Morgan fingerprint density at radius 2 is 1.77 bits per heavy atom. The van der Waals surface area contributed by atoms with Crippen LogP contribution in [0.25, 0.3) is 21.2 Å². The molecule has 0 aliphatic rings. The number of rotatable bonds is 4. The lowest BCUT2D eigenvalue weighted by atomic mass is 10.1. The van der Waals surface area contributed by atoms with Gasteiger partial charge in [-0.25, -0.2) is 0 Å². The molecule has 0 aliphatic heterocycles. The van der Waals surface area contributed by atoms with Gasteiger partial charge >= 0.3 is 6.18 Å². The van der Waals surface area contributed by atoms with Gasteiger partial charge in [0.25, 0.3) is 0 Å². The molecule has 0 unspecified atom stereocenters. The predicted octanol–water partition coefficient (Wildman–Crippen LogP) is 7.62. The van der Waals surface area contributed by atoms with E-state index in [1.54, 1.807) is 23.5 Å². The van der Waals surface area contributed by atoms with E-state index in [0.717, 1.165) is 9.75 Å². The minimum absolute atomic E-state index is 0.0159. The number of halogens is 4. The first-order valence-electron chi connectivity index (χ1n) is 9.19. The summed E-state index contributed by atoms with van der Waals surface area (Å²) in [5.74, 6) is 0.317. The number of nitrogens with zero attached hydrogens (tertiary/aromatic N) is 2. The lowest BCUT2D eigenvalue weighted by Gasteiger charge is -2.16. The summed E-state index contributed by atoms with van der Waals surface area (Å²) in [6.45, 7) is 4.02. The number of aromatic nitrogens is 2. The first-order valence-corrected chi connectivity index (χ1v) is 10.8. The van der Waals surface area contributed by atoms with Crippen LogP contribution in [-0.4, -0.2) is 10.2 Å². The Morgan fingerprint density at radius 3 is 2.50 bits per heavy atom. The maximum atomic E-state index is 13.3. The van der Waals surface area contributed by atoms with Crippen molar-refractivity contribution in [1.82, 2.24) is 10.2 Å². The molecule has 3 nitrogen and oxygen atoms in total. The van der Waals surface area contributed by atoms with Gasteiger partial charge in [0.1, 0.15) is 0 Å². The van der Waals surface area contributed by atoms with Gasteiger partial charge in [-0.2, -0.15) is 13.2 Å². The van der Waals surface area contributed by atoms with Crippen molar-refractivity contribution in [3.63, 3.8) is 0 Å². The van der Waals surface area contributed by atoms with Crippen LogP contribution < -0.4 is 5.32 Å². The number of alkyl halides is 3. The summed E-state index contributed by atoms with van der Waals surface area (Å²) >= 11 is 4.98. The standard InChI is InChI=1S/C22H17BrF3N3S/c1-12-5-3-4-6-15(12)19-10-9-18(30-19)13(2)27-21-17-11-14(23)7-8-16(17)20(28-29-21)22(24,25)26/h3-11,13H,1-2H3,(H,27,29)/t13-/m1/s1. The van der Waals surface area contributed by atoms with E-state index >= 15 is 0 Å². The topological polar surface area (TPSA) is 37.8 Å². The molecule has 4 rings (SSSR count). The van der Waals surface area contributed by atoms with E-state index in [9.17, 15) is 13.2 Å². The minimum Gasteiger partial charge on any atom is -0.361 e. The first kappa shape index (κ1) is 20.8. The zero-order chi connectivity index (χ0) is 21.5. The van der Waals surface area contributed by atoms with Gasteiger partial charge in [-0.05, 0) is 49.2 Å². The number of anilines is 1.